The van der Waals surface area contributed by atoms with Crippen molar-refractivity contribution in [3.63, 3.8) is 0 Å². The molecule has 1 aromatic heterocycles. The summed E-state index contributed by atoms with van der Waals surface area (Å²) in [7, 11) is 0. The first-order valence-electron chi connectivity index (χ1n) is 6.63. The minimum absolute atomic E-state index is 0.0427. The summed E-state index contributed by atoms with van der Waals surface area (Å²) in [6, 6.07) is 0.175. The fourth-order valence-corrected chi connectivity index (χ4v) is 1.66. The van der Waals surface area contributed by atoms with E-state index in [0.717, 1.165) is 23.7 Å². The number of nitrogens with one attached hydrogen (secondary N) is 3. The van der Waals surface area contributed by atoms with E-state index >= 15 is 0 Å². The average molecular weight is 265 g/mol. The van der Waals surface area contributed by atoms with Crippen molar-refractivity contribution in [2.45, 2.75) is 40.2 Å². The van der Waals surface area contributed by atoms with Crippen LogP contribution in [0.15, 0.2) is 6.33 Å². The highest BCUT2D eigenvalue weighted by molar-refractivity contribution is 5.76. The number of amides is 1. The molecule has 0 radical (unpaired) electrons. The van der Waals surface area contributed by atoms with Gasteiger partial charge < -0.3 is 16.0 Å². The summed E-state index contributed by atoms with van der Waals surface area (Å²) in [5, 5.41) is 9.19. The molecule has 0 aliphatic heterocycles. The second kappa shape index (κ2) is 7.56. The van der Waals surface area contributed by atoms with Crippen LogP contribution in [0.3, 0.4) is 0 Å². The summed E-state index contributed by atoms with van der Waals surface area (Å²) in [6.45, 7) is 9.24. The van der Waals surface area contributed by atoms with Gasteiger partial charge in [0.2, 0.25) is 5.91 Å². The largest absolute Gasteiger partial charge is 0.370 e. The second-order valence-corrected chi connectivity index (χ2v) is 4.63. The van der Waals surface area contributed by atoms with Crippen molar-refractivity contribution in [1.82, 2.24) is 15.3 Å². The Balaban J connectivity index is 2.49. The minimum Gasteiger partial charge on any atom is -0.370 e. The van der Waals surface area contributed by atoms with Gasteiger partial charge in [-0.3, -0.25) is 4.79 Å². The van der Waals surface area contributed by atoms with Gasteiger partial charge in [0.25, 0.3) is 0 Å². The summed E-state index contributed by atoms with van der Waals surface area (Å²) < 4.78 is 0. The van der Waals surface area contributed by atoms with Crippen molar-refractivity contribution in [1.29, 1.82) is 0 Å². The summed E-state index contributed by atoms with van der Waals surface area (Å²) in [5.74, 6) is 1.64. The first-order valence-corrected chi connectivity index (χ1v) is 6.63. The third-order valence-electron chi connectivity index (χ3n) is 2.52. The second-order valence-electron chi connectivity index (χ2n) is 4.63. The molecule has 0 saturated carbocycles. The van der Waals surface area contributed by atoms with Crippen LogP contribution in [0.4, 0.5) is 11.6 Å². The number of carbonyl (C=O) groups excluding carboxylic acids is 1. The van der Waals surface area contributed by atoms with Crippen LogP contribution in [0.5, 0.6) is 0 Å². The molecule has 6 heteroatoms. The first kappa shape index (κ1) is 15.2. The van der Waals surface area contributed by atoms with Gasteiger partial charge in [0.1, 0.15) is 18.0 Å². The molecule has 106 valence electrons. The number of aromatic nitrogens is 2. The third kappa shape index (κ3) is 5.11. The van der Waals surface area contributed by atoms with Crippen molar-refractivity contribution >= 4 is 17.5 Å². The van der Waals surface area contributed by atoms with E-state index in [1.54, 1.807) is 0 Å². The van der Waals surface area contributed by atoms with E-state index in [-0.39, 0.29) is 11.9 Å². The zero-order chi connectivity index (χ0) is 14.3. The Morgan fingerprint density at radius 2 is 1.89 bits per heavy atom. The molecule has 0 spiro atoms. The molecule has 1 rings (SSSR count). The Morgan fingerprint density at radius 3 is 2.47 bits per heavy atom. The van der Waals surface area contributed by atoms with Crippen LogP contribution in [0, 0.1) is 6.92 Å². The minimum atomic E-state index is 0.0427. The molecule has 0 atom stereocenters. The van der Waals surface area contributed by atoms with Gasteiger partial charge in [-0.1, -0.05) is 0 Å². The van der Waals surface area contributed by atoms with Gasteiger partial charge in [0.05, 0.1) is 0 Å². The highest BCUT2D eigenvalue weighted by atomic mass is 16.1. The average Bonchev–Trinajstić information content (AvgIpc) is 2.33. The van der Waals surface area contributed by atoms with E-state index < -0.39 is 0 Å². The molecule has 19 heavy (non-hydrogen) atoms. The van der Waals surface area contributed by atoms with Gasteiger partial charge in [-0.05, 0) is 27.7 Å². The highest BCUT2D eigenvalue weighted by Crippen LogP contribution is 2.17. The third-order valence-corrected chi connectivity index (χ3v) is 2.52. The molecule has 3 N–H and O–H groups in total. The number of nitrogens with zero attached hydrogens (tertiary/aromatic N) is 2. The lowest BCUT2D eigenvalue weighted by molar-refractivity contribution is -0.121. The number of rotatable bonds is 7. The lowest BCUT2D eigenvalue weighted by Gasteiger charge is -2.12. The lowest BCUT2D eigenvalue weighted by Crippen LogP contribution is -2.31. The van der Waals surface area contributed by atoms with Crippen molar-refractivity contribution in [3.05, 3.63) is 11.9 Å². The molecule has 1 heterocycles. The zero-order valence-electron chi connectivity index (χ0n) is 12.1. The quantitative estimate of drug-likeness (QED) is 0.697. The molecule has 0 aliphatic rings. The highest BCUT2D eigenvalue weighted by Gasteiger charge is 2.07. The predicted octanol–water partition coefficient (Wildman–Crippen LogP) is 1.54. The summed E-state index contributed by atoms with van der Waals surface area (Å²) in [6.07, 6.45) is 1.94. The predicted molar refractivity (Wildman–Crippen MR) is 77.3 cm³/mol. The van der Waals surface area contributed by atoms with Crippen molar-refractivity contribution in [2.24, 2.45) is 0 Å². The van der Waals surface area contributed by atoms with E-state index in [2.05, 4.69) is 25.9 Å². The molecule has 1 amide bonds. The smallest absolute Gasteiger partial charge is 0.221 e. The van der Waals surface area contributed by atoms with E-state index in [1.165, 1.54) is 6.33 Å². The zero-order valence-corrected chi connectivity index (χ0v) is 12.1. The number of hydrogen-bond acceptors (Lipinski definition) is 5. The molecular formula is C13H23N5O. The molecule has 0 aliphatic carbocycles. The van der Waals surface area contributed by atoms with Gasteiger partial charge in [-0.2, -0.15) is 0 Å². The number of carbonyl (C=O) groups is 1. The molecule has 0 saturated heterocycles. The summed E-state index contributed by atoms with van der Waals surface area (Å²) in [5.41, 5.74) is 0.966. The van der Waals surface area contributed by atoms with Gasteiger partial charge in [0.15, 0.2) is 0 Å². The molecule has 0 bridgehead atoms. The van der Waals surface area contributed by atoms with Crippen LogP contribution in [0.25, 0.3) is 0 Å². The van der Waals surface area contributed by atoms with Crippen molar-refractivity contribution in [2.75, 3.05) is 23.7 Å². The van der Waals surface area contributed by atoms with Crippen molar-refractivity contribution in [3.8, 4) is 0 Å². The van der Waals surface area contributed by atoms with Crippen LogP contribution in [-0.2, 0) is 4.79 Å². The molecule has 1 aromatic rings. The first-order chi connectivity index (χ1) is 9.04. The van der Waals surface area contributed by atoms with E-state index in [1.807, 2.05) is 27.7 Å². The number of hydrogen-bond donors (Lipinski definition) is 3. The maximum absolute atomic E-state index is 11.5. The maximum Gasteiger partial charge on any atom is 0.221 e. The molecular weight excluding hydrogens is 242 g/mol. The summed E-state index contributed by atoms with van der Waals surface area (Å²) >= 11 is 0. The SMILES string of the molecule is CCNc1ncnc(NCCC(=O)NC(C)C)c1C. The maximum atomic E-state index is 11.5. The fourth-order valence-electron chi connectivity index (χ4n) is 1.66. The Hall–Kier alpha value is -1.85. The van der Waals surface area contributed by atoms with Gasteiger partial charge >= 0.3 is 0 Å². The van der Waals surface area contributed by atoms with Crippen LogP contribution in [0.1, 0.15) is 32.8 Å². The van der Waals surface area contributed by atoms with Crippen LogP contribution < -0.4 is 16.0 Å². The normalized spacial score (nSPS) is 10.4. The standard InChI is InChI=1S/C13H23N5O/c1-5-14-12-10(4)13(17-8-16-12)15-7-6-11(19)18-9(2)3/h8-9H,5-7H2,1-4H3,(H,18,19)(H2,14,15,16,17). The number of anilines is 2. The Kier molecular flexibility index (Phi) is 6.05. The molecule has 0 aromatic carbocycles. The van der Waals surface area contributed by atoms with Gasteiger partial charge in [-0.25, -0.2) is 9.97 Å². The summed E-state index contributed by atoms with van der Waals surface area (Å²) in [4.78, 5) is 19.9. The van der Waals surface area contributed by atoms with E-state index in [4.69, 9.17) is 0 Å². The van der Waals surface area contributed by atoms with Crippen LogP contribution in [0.2, 0.25) is 0 Å². The van der Waals surface area contributed by atoms with Crippen LogP contribution >= 0.6 is 0 Å². The Morgan fingerprint density at radius 1 is 1.26 bits per heavy atom. The topological polar surface area (TPSA) is 78.9 Å². The Bertz CT molecular complexity index is 419. The molecule has 6 nitrogen and oxygen atoms in total. The van der Waals surface area contributed by atoms with E-state index in [0.29, 0.717) is 13.0 Å². The van der Waals surface area contributed by atoms with Crippen LogP contribution in [-0.4, -0.2) is 35.0 Å². The Labute approximate surface area is 114 Å². The fraction of sp³-hybridized carbons (Fsp3) is 0.615. The lowest BCUT2D eigenvalue weighted by atomic mass is 10.3. The molecule has 0 unspecified atom stereocenters. The van der Waals surface area contributed by atoms with Gasteiger partial charge in [0, 0.05) is 31.1 Å². The molecule has 0 fully saturated rings. The van der Waals surface area contributed by atoms with Crippen molar-refractivity contribution < 1.29 is 4.79 Å². The van der Waals surface area contributed by atoms with E-state index in [9.17, 15) is 4.79 Å². The van der Waals surface area contributed by atoms with Gasteiger partial charge in [-0.15, -0.1) is 0 Å². The monoisotopic (exact) mass is 265 g/mol.